The van der Waals surface area contributed by atoms with Crippen molar-refractivity contribution in [1.82, 2.24) is 0 Å². The van der Waals surface area contributed by atoms with Gasteiger partial charge in [0.2, 0.25) is 0 Å². The summed E-state index contributed by atoms with van der Waals surface area (Å²) in [5.41, 5.74) is 1.19. The number of alkyl halides is 1. The van der Waals surface area contributed by atoms with Crippen molar-refractivity contribution in [2.45, 2.75) is 44.9 Å². The van der Waals surface area contributed by atoms with E-state index < -0.39 is 0 Å². The number of halogens is 1. The van der Waals surface area contributed by atoms with Crippen molar-refractivity contribution in [3.63, 3.8) is 0 Å². The van der Waals surface area contributed by atoms with E-state index in [1.807, 2.05) is 12.1 Å². The minimum atomic E-state index is 0.963. The van der Waals surface area contributed by atoms with Crippen molar-refractivity contribution in [2.75, 3.05) is 30.9 Å². The van der Waals surface area contributed by atoms with Gasteiger partial charge in [-0.25, -0.2) is 0 Å². The van der Waals surface area contributed by atoms with Crippen molar-refractivity contribution in [1.29, 1.82) is 0 Å². The van der Waals surface area contributed by atoms with Crippen LogP contribution in [0.4, 0.5) is 5.69 Å². The van der Waals surface area contributed by atoms with Crippen molar-refractivity contribution >= 4 is 21.6 Å². The first-order valence-corrected chi connectivity index (χ1v) is 8.82. The number of hydrogen-bond donors (Lipinski definition) is 0. The first-order valence-electron chi connectivity index (χ1n) is 7.69. The maximum Gasteiger partial charge on any atom is 0.142 e. The molecule has 0 aliphatic heterocycles. The molecule has 0 unspecified atom stereocenters. The molecule has 2 nitrogen and oxygen atoms in total. The minimum Gasteiger partial charge on any atom is -0.495 e. The molecule has 0 spiro atoms. The van der Waals surface area contributed by atoms with Gasteiger partial charge >= 0.3 is 0 Å². The molecule has 0 aliphatic carbocycles. The Kier molecular flexibility index (Phi) is 9.56. The largest absolute Gasteiger partial charge is 0.495 e. The van der Waals surface area contributed by atoms with Crippen molar-refractivity contribution in [3.05, 3.63) is 24.3 Å². The van der Waals surface area contributed by atoms with Crippen LogP contribution in [-0.2, 0) is 0 Å². The van der Waals surface area contributed by atoms with Crippen LogP contribution in [0.15, 0.2) is 24.3 Å². The number of anilines is 1. The Morgan fingerprint density at radius 1 is 0.950 bits per heavy atom. The quantitative estimate of drug-likeness (QED) is 0.402. The van der Waals surface area contributed by atoms with Crippen molar-refractivity contribution < 1.29 is 4.74 Å². The summed E-state index contributed by atoms with van der Waals surface area (Å²) < 4.78 is 5.40. The molecule has 1 rings (SSSR count). The van der Waals surface area contributed by atoms with Gasteiger partial charge in [-0.3, -0.25) is 0 Å². The van der Waals surface area contributed by atoms with Gasteiger partial charge in [-0.1, -0.05) is 60.2 Å². The van der Waals surface area contributed by atoms with E-state index in [0.29, 0.717) is 0 Å². The first-order chi connectivity index (χ1) is 9.79. The van der Waals surface area contributed by atoms with Crippen LogP contribution in [0.5, 0.6) is 5.75 Å². The van der Waals surface area contributed by atoms with E-state index in [4.69, 9.17) is 4.74 Å². The highest BCUT2D eigenvalue weighted by Crippen LogP contribution is 2.26. The van der Waals surface area contributed by atoms with E-state index in [9.17, 15) is 0 Å². The second-order valence-corrected chi connectivity index (χ2v) is 6.05. The van der Waals surface area contributed by atoms with E-state index >= 15 is 0 Å². The molecule has 0 aliphatic rings. The molecular formula is C17H28BrNO. The summed E-state index contributed by atoms with van der Waals surface area (Å²) in [4.78, 5) is 2.30. The molecule has 0 bridgehead atoms. The fourth-order valence-corrected chi connectivity index (χ4v) is 2.79. The maximum absolute atomic E-state index is 5.40. The number of nitrogens with zero attached hydrogens (tertiary/aromatic N) is 1. The van der Waals surface area contributed by atoms with Crippen LogP contribution in [-0.4, -0.2) is 26.0 Å². The van der Waals surface area contributed by atoms with Gasteiger partial charge in [-0.2, -0.15) is 0 Å². The Labute approximate surface area is 132 Å². The first kappa shape index (κ1) is 17.4. The third-order valence-electron chi connectivity index (χ3n) is 3.62. The van der Waals surface area contributed by atoms with Crippen LogP contribution in [0.3, 0.4) is 0 Å². The molecule has 3 heteroatoms. The Morgan fingerprint density at radius 3 is 2.20 bits per heavy atom. The molecule has 1 aromatic rings. The number of methoxy groups -OCH3 is 1. The molecule has 0 saturated heterocycles. The summed E-state index contributed by atoms with van der Waals surface area (Å²) in [5.74, 6) is 0.963. The lowest BCUT2D eigenvalue weighted by molar-refractivity contribution is 0.414. The van der Waals surface area contributed by atoms with Gasteiger partial charge in [0.15, 0.2) is 0 Å². The topological polar surface area (TPSA) is 12.5 Å². The second kappa shape index (κ2) is 11.0. The van der Waals surface area contributed by atoms with Gasteiger partial charge in [0.25, 0.3) is 0 Å². The van der Waals surface area contributed by atoms with E-state index in [-0.39, 0.29) is 0 Å². The van der Waals surface area contributed by atoms with Gasteiger partial charge in [0, 0.05) is 18.9 Å². The van der Waals surface area contributed by atoms with Gasteiger partial charge in [-0.15, -0.1) is 0 Å². The Morgan fingerprint density at radius 2 is 1.55 bits per heavy atom. The van der Waals surface area contributed by atoms with E-state index in [2.05, 4.69) is 40.0 Å². The van der Waals surface area contributed by atoms with Crippen LogP contribution < -0.4 is 9.64 Å². The zero-order chi connectivity index (χ0) is 14.6. The maximum atomic E-state index is 5.40. The Bertz CT molecular complexity index is 357. The summed E-state index contributed by atoms with van der Waals surface area (Å²) in [7, 11) is 3.88. The predicted octanol–water partition coefficient (Wildman–Crippen LogP) is 5.26. The number of hydrogen-bond acceptors (Lipinski definition) is 2. The summed E-state index contributed by atoms with van der Waals surface area (Å²) in [6.07, 6.45) is 9.39. The smallest absolute Gasteiger partial charge is 0.142 e. The molecule has 0 atom stereocenters. The highest BCUT2D eigenvalue weighted by Gasteiger charge is 2.06. The second-order valence-electron chi connectivity index (χ2n) is 5.26. The van der Waals surface area contributed by atoms with Crippen LogP contribution in [0.2, 0.25) is 0 Å². The average Bonchev–Trinajstić information content (AvgIpc) is 2.49. The van der Waals surface area contributed by atoms with Gasteiger partial charge in [-0.05, 0) is 25.0 Å². The summed E-state index contributed by atoms with van der Waals surface area (Å²) in [5, 5.41) is 1.15. The predicted molar refractivity (Wildman–Crippen MR) is 92.4 cm³/mol. The van der Waals surface area contributed by atoms with E-state index in [1.165, 1.54) is 50.6 Å². The monoisotopic (exact) mass is 341 g/mol. The van der Waals surface area contributed by atoms with E-state index in [0.717, 1.165) is 17.6 Å². The molecule has 114 valence electrons. The highest BCUT2D eigenvalue weighted by molar-refractivity contribution is 9.09. The molecule has 0 saturated carbocycles. The molecule has 0 fully saturated rings. The fraction of sp³-hybridized carbons (Fsp3) is 0.647. The highest BCUT2D eigenvalue weighted by atomic mass is 79.9. The molecule has 0 amide bonds. The van der Waals surface area contributed by atoms with Gasteiger partial charge < -0.3 is 9.64 Å². The minimum absolute atomic E-state index is 0.963. The molecular weight excluding hydrogens is 314 g/mol. The third-order valence-corrected chi connectivity index (χ3v) is 4.18. The average molecular weight is 342 g/mol. The number of ether oxygens (including phenoxy) is 1. The molecule has 1 aromatic carbocycles. The summed E-state index contributed by atoms with van der Waals surface area (Å²) in [6.45, 7) is 1.10. The fourth-order valence-electron chi connectivity index (χ4n) is 2.39. The van der Waals surface area contributed by atoms with Gasteiger partial charge in [0.1, 0.15) is 5.75 Å². The molecule has 0 heterocycles. The summed E-state index contributed by atoms with van der Waals surface area (Å²) in [6, 6.07) is 8.23. The van der Waals surface area contributed by atoms with Crippen LogP contribution in [0.25, 0.3) is 0 Å². The lowest BCUT2D eigenvalue weighted by atomic mass is 10.1. The summed E-state index contributed by atoms with van der Waals surface area (Å²) >= 11 is 3.48. The Hall–Kier alpha value is -0.700. The lowest BCUT2D eigenvalue weighted by Gasteiger charge is -2.21. The number of rotatable bonds is 11. The van der Waals surface area contributed by atoms with Crippen LogP contribution in [0, 0.1) is 0 Å². The zero-order valence-corrected chi connectivity index (χ0v) is 14.5. The normalized spacial score (nSPS) is 10.6. The van der Waals surface area contributed by atoms with Crippen LogP contribution in [0.1, 0.15) is 44.9 Å². The standard InChI is InChI=1S/C17H28BrNO/c1-19(16-12-8-9-13-17(16)20-2)15-11-7-5-3-4-6-10-14-18/h8-9,12-13H,3-7,10-11,14-15H2,1-2H3. The number of para-hydroxylation sites is 2. The van der Waals surface area contributed by atoms with E-state index in [1.54, 1.807) is 7.11 Å². The van der Waals surface area contributed by atoms with Crippen molar-refractivity contribution in [2.24, 2.45) is 0 Å². The molecule has 0 aromatic heterocycles. The Balaban J connectivity index is 2.15. The number of benzene rings is 1. The molecule has 0 radical (unpaired) electrons. The van der Waals surface area contributed by atoms with Gasteiger partial charge in [0.05, 0.1) is 12.8 Å². The zero-order valence-electron chi connectivity index (χ0n) is 12.9. The SMILES string of the molecule is COc1ccccc1N(C)CCCCCCCCCBr. The third kappa shape index (κ3) is 6.65. The molecule has 0 N–H and O–H groups in total. The number of unbranched alkanes of at least 4 members (excludes halogenated alkanes) is 6. The lowest BCUT2D eigenvalue weighted by Crippen LogP contribution is -2.19. The molecule has 20 heavy (non-hydrogen) atoms. The van der Waals surface area contributed by atoms with Crippen LogP contribution >= 0.6 is 15.9 Å². The van der Waals surface area contributed by atoms with Crippen molar-refractivity contribution in [3.8, 4) is 5.75 Å².